The summed E-state index contributed by atoms with van der Waals surface area (Å²) in [5.41, 5.74) is 1.84. The van der Waals surface area contributed by atoms with E-state index in [0.29, 0.717) is 16.7 Å². The Hall–Kier alpha value is -3.86. The van der Waals surface area contributed by atoms with Crippen LogP contribution in [0.1, 0.15) is 22.3 Å². The van der Waals surface area contributed by atoms with Crippen LogP contribution in [0.2, 0.25) is 10.0 Å². The van der Waals surface area contributed by atoms with E-state index in [4.69, 9.17) is 27.9 Å². The first-order valence-corrected chi connectivity index (χ1v) is 10.8. The van der Waals surface area contributed by atoms with Crippen molar-refractivity contribution in [2.45, 2.75) is 13.2 Å². The maximum atomic E-state index is 13.9. The van der Waals surface area contributed by atoms with E-state index in [1.807, 2.05) is 0 Å². The van der Waals surface area contributed by atoms with Gasteiger partial charge in [0.25, 0.3) is 5.91 Å². The van der Waals surface area contributed by atoms with Gasteiger partial charge in [0.15, 0.2) is 5.75 Å². The first kappa shape index (κ1) is 23.3. The zero-order chi connectivity index (χ0) is 24.2. The van der Waals surface area contributed by atoms with Gasteiger partial charge in [-0.15, -0.1) is 0 Å². The van der Waals surface area contributed by atoms with Crippen LogP contribution in [0.25, 0.3) is 6.08 Å². The number of nitriles is 1. The number of urea groups is 1. The van der Waals surface area contributed by atoms with E-state index < -0.39 is 17.8 Å². The highest BCUT2D eigenvalue weighted by molar-refractivity contribution is 6.37. The maximum absolute atomic E-state index is 13.9. The summed E-state index contributed by atoms with van der Waals surface area (Å²) in [6.45, 7) is -0.115. The molecule has 0 unspecified atom stereocenters. The number of nitrogens with one attached hydrogen (secondary N) is 1. The fraction of sp³-hybridized carbons (Fsp3) is 0.0800. The minimum atomic E-state index is -0.659. The van der Waals surface area contributed by atoms with Crippen LogP contribution in [0.3, 0.4) is 0 Å². The Morgan fingerprint density at radius 1 is 1.03 bits per heavy atom. The van der Waals surface area contributed by atoms with Crippen LogP contribution in [0.4, 0.5) is 9.18 Å². The molecule has 170 valence electrons. The molecule has 1 saturated heterocycles. The number of benzene rings is 3. The van der Waals surface area contributed by atoms with Gasteiger partial charge < -0.3 is 10.1 Å². The Labute approximate surface area is 204 Å². The van der Waals surface area contributed by atoms with Crippen LogP contribution in [-0.2, 0) is 17.9 Å². The molecule has 34 heavy (non-hydrogen) atoms. The molecule has 1 aliphatic rings. The lowest BCUT2D eigenvalue weighted by Gasteiger charge is -2.12. The van der Waals surface area contributed by atoms with Gasteiger partial charge in [-0.05, 0) is 35.9 Å². The summed E-state index contributed by atoms with van der Waals surface area (Å²) < 4.78 is 19.7. The van der Waals surface area contributed by atoms with Gasteiger partial charge in [0.05, 0.1) is 28.2 Å². The Morgan fingerprint density at radius 3 is 2.35 bits per heavy atom. The highest BCUT2D eigenvalue weighted by Crippen LogP contribution is 2.36. The molecular weight excluding hydrogens is 480 g/mol. The van der Waals surface area contributed by atoms with Crippen molar-refractivity contribution in [3.8, 4) is 11.8 Å². The SMILES string of the molecule is N#Cc1ccccc1COc1c(Cl)cc(/C=C2/NC(=O)N(Cc3ccccc3F)C2=O)cc1Cl. The average Bonchev–Trinajstić information content (AvgIpc) is 3.07. The second-order valence-electron chi connectivity index (χ2n) is 7.34. The van der Waals surface area contributed by atoms with Crippen molar-refractivity contribution in [3.05, 3.63) is 104 Å². The van der Waals surface area contributed by atoms with Gasteiger partial charge >= 0.3 is 6.03 Å². The van der Waals surface area contributed by atoms with E-state index in [2.05, 4.69) is 11.4 Å². The molecule has 0 radical (unpaired) electrons. The van der Waals surface area contributed by atoms with Crippen molar-refractivity contribution in [1.29, 1.82) is 5.26 Å². The molecule has 3 aromatic rings. The van der Waals surface area contributed by atoms with Gasteiger partial charge in [-0.25, -0.2) is 9.18 Å². The summed E-state index contributed by atoms with van der Waals surface area (Å²) in [6, 6.07) is 17.4. The topological polar surface area (TPSA) is 82.4 Å². The number of hydrogen-bond donors (Lipinski definition) is 1. The largest absolute Gasteiger partial charge is 0.486 e. The third-order valence-corrected chi connectivity index (χ3v) is 5.65. The van der Waals surface area contributed by atoms with E-state index in [-0.39, 0.29) is 40.2 Å². The lowest BCUT2D eigenvalue weighted by molar-refractivity contribution is -0.123. The Bertz CT molecular complexity index is 1340. The standard InChI is InChI=1S/C25H16Cl2FN3O3/c26-19-9-15(10-20(27)23(19)34-14-18-7-2-1-5-16(18)12-29)11-22-24(32)31(25(33)30-22)13-17-6-3-4-8-21(17)28/h1-11H,13-14H2,(H,30,33)/b22-11+. The number of carbonyl (C=O) groups is 2. The van der Waals surface area contributed by atoms with Crippen LogP contribution < -0.4 is 10.1 Å². The molecule has 3 aromatic carbocycles. The number of hydrogen-bond acceptors (Lipinski definition) is 4. The smallest absolute Gasteiger partial charge is 0.329 e. The van der Waals surface area contributed by atoms with Crippen molar-refractivity contribution in [1.82, 2.24) is 10.2 Å². The molecule has 0 atom stereocenters. The lowest BCUT2D eigenvalue weighted by atomic mass is 10.1. The summed E-state index contributed by atoms with van der Waals surface area (Å²) in [4.78, 5) is 25.9. The molecule has 6 nitrogen and oxygen atoms in total. The van der Waals surface area contributed by atoms with Crippen LogP contribution in [0.5, 0.6) is 5.75 Å². The quantitative estimate of drug-likeness (QED) is 0.352. The summed E-state index contributed by atoms with van der Waals surface area (Å²) >= 11 is 12.7. The molecular formula is C25H16Cl2FN3O3. The van der Waals surface area contributed by atoms with Crippen molar-refractivity contribution >= 4 is 41.2 Å². The van der Waals surface area contributed by atoms with Crippen LogP contribution >= 0.6 is 23.2 Å². The molecule has 0 spiro atoms. The molecule has 3 amide bonds. The number of ether oxygens (including phenoxy) is 1. The van der Waals surface area contributed by atoms with Crippen molar-refractivity contribution in [2.75, 3.05) is 0 Å². The predicted octanol–water partition coefficient (Wildman–Crippen LogP) is 5.68. The number of nitrogens with zero attached hydrogens (tertiary/aromatic N) is 2. The van der Waals surface area contributed by atoms with Gasteiger partial charge in [-0.2, -0.15) is 5.26 Å². The number of halogens is 3. The van der Waals surface area contributed by atoms with Crippen LogP contribution in [0, 0.1) is 17.1 Å². The third-order valence-electron chi connectivity index (χ3n) is 5.09. The van der Waals surface area contributed by atoms with Crippen LogP contribution in [-0.4, -0.2) is 16.8 Å². The first-order chi connectivity index (χ1) is 16.4. The highest BCUT2D eigenvalue weighted by atomic mass is 35.5. The van der Waals surface area contributed by atoms with E-state index in [0.717, 1.165) is 4.90 Å². The normalized spacial score (nSPS) is 14.3. The fourth-order valence-corrected chi connectivity index (χ4v) is 4.00. The minimum absolute atomic E-state index is 0.00471. The van der Waals surface area contributed by atoms with E-state index in [1.54, 1.807) is 30.3 Å². The summed E-state index contributed by atoms with van der Waals surface area (Å²) in [5, 5.41) is 12.1. The molecule has 0 aromatic heterocycles. The van der Waals surface area contributed by atoms with Crippen molar-refractivity contribution < 1.29 is 18.7 Å². The van der Waals surface area contributed by atoms with E-state index in [1.165, 1.54) is 36.4 Å². The summed E-state index contributed by atoms with van der Waals surface area (Å²) in [6.07, 6.45) is 1.42. The molecule has 0 bridgehead atoms. The summed E-state index contributed by atoms with van der Waals surface area (Å²) in [7, 11) is 0. The lowest BCUT2D eigenvalue weighted by Crippen LogP contribution is -2.30. The maximum Gasteiger partial charge on any atom is 0.329 e. The zero-order valence-corrected chi connectivity index (χ0v) is 19.0. The monoisotopic (exact) mass is 495 g/mol. The second kappa shape index (κ2) is 9.96. The van der Waals surface area contributed by atoms with Crippen LogP contribution in [0.15, 0.2) is 66.4 Å². The molecule has 1 fully saturated rings. The van der Waals surface area contributed by atoms with E-state index in [9.17, 15) is 19.2 Å². The number of rotatable bonds is 6. The van der Waals surface area contributed by atoms with Gasteiger partial charge in [-0.3, -0.25) is 9.69 Å². The third kappa shape index (κ3) is 4.88. The molecule has 1 aliphatic heterocycles. The van der Waals surface area contributed by atoms with E-state index >= 15 is 0 Å². The minimum Gasteiger partial charge on any atom is -0.486 e. The molecule has 4 rings (SSSR count). The molecule has 0 aliphatic carbocycles. The van der Waals surface area contributed by atoms with Gasteiger partial charge in [0.2, 0.25) is 0 Å². The Balaban J connectivity index is 1.52. The van der Waals surface area contributed by atoms with Gasteiger partial charge in [-0.1, -0.05) is 59.6 Å². The Morgan fingerprint density at radius 2 is 1.68 bits per heavy atom. The molecule has 0 saturated carbocycles. The number of carbonyl (C=O) groups excluding carboxylic acids is 2. The van der Waals surface area contributed by atoms with Gasteiger partial charge in [0.1, 0.15) is 18.1 Å². The molecule has 1 N–H and O–H groups in total. The number of imide groups is 1. The predicted molar refractivity (Wildman–Crippen MR) is 125 cm³/mol. The van der Waals surface area contributed by atoms with Crippen molar-refractivity contribution in [2.24, 2.45) is 0 Å². The Kier molecular flexibility index (Phi) is 6.82. The van der Waals surface area contributed by atoms with Gasteiger partial charge in [0, 0.05) is 11.1 Å². The first-order valence-electron chi connectivity index (χ1n) is 10.0. The molecule has 1 heterocycles. The zero-order valence-electron chi connectivity index (χ0n) is 17.5. The number of amides is 3. The second-order valence-corrected chi connectivity index (χ2v) is 8.16. The summed E-state index contributed by atoms with van der Waals surface area (Å²) in [5.74, 6) is -0.887. The molecule has 9 heteroatoms. The average molecular weight is 496 g/mol. The fourth-order valence-electron chi connectivity index (χ4n) is 3.38. The highest BCUT2D eigenvalue weighted by Gasteiger charge is 2.34. The van der Waals surface area contributed by atoms with Crippen molar-refractivity contribution in [3.63, 3.8) is 0 Å².